The third kappa shape index (κ3) is 6.80. The summed E-state index contributed by atoms with van der Waals surface area (Å²) in [5.74, 6) is -1.00. The highest BCUT2D eigenvalue weighted by Crippen LogP contribution is 2.39. The van der Waals surface area contributed by atoms with E-state index >= 15 is 0 Å². The quantitative estimate of drug-likeness (QED) is 0.302. The fourth-order valence-corrected chi connectivity index (χ4v) is 5.90. The Morgan fingerprint density at radius 3 is 2.00 bits per heavy atom. The maximum Gasteiger partial charge on any atom is 0.194 e. The fourth-order valence-electron chi connectivity index (χ4n) is 5.90. The number of ether oxygens (including phenoxy) is 3. The van der Waals surface area contributed by atoms with Crippen LogP contribution in [0.2, 0.25) is 0 Å². The fraction of sp³-hybridized carbons (Fsp3) is 0.471. The van der Waals surface area contributed by atoms with Gasteiger partial charge in [-0.15, -0.1) is 0 Å². The van der Waals surface area contributed by atoms with Crippen molar-refractivity contribution in [3.63, 3.8) is 0 Å². The van der Waals surface area contributed by atoms with Gasteiger partial charge in [0.2, 0.25) is 0 Å². The molecule has 2 unspecified atom stereocenters. The van der Waals surface area contributed by atoms with Gasteiger partial charge in [0.1, 0.15) is 17.7 Å². The molecule has 2 fully saturated rings. The molecule has 2 aliphatic rings. The summed E-state index contributed by atoms with van der Waals surface area (Å²) in [5, 5.41) is 3.53. The molecule has 4 nitrogen and oxygen atoms in total. The number of hydrogen-bond donors (Lipinski definition) is 1. The van der Waals surface area contributed by atoms with Gasteiger partial charge in [0, 0.05) is 18.5 Å². The third-order valence-corrected chi connectivity index (χ3v) is 8.22. The lowest BCUT2D eigenvalue weighted by Crippen LogP contribution is -2.42. The zero-order valence-corrected chi connectivity index (χ0v) is 23.8. The van der Waals surface area contributed by atoms with Crippen LogP contribution in [0, 0.1) is 17.6 Å². The first-order chi connectivity index (χ1) is 19.2. The van der Waals surface area contributed by atoms with Crippen molar-refractivity contribution in [3.05, 3.63) is 107 Å². The van der Waals surface area contributed by atoms with Crippen LogP contribution in [0.25, 0.3) is 0 Å². The molecule has 2 saturated heterocycles. The Morgan fingerprint density at radius 1 is 0.875 bits per heavy atom. The molecular formula is C34H41F2NO3. The van der Waals surface area contributed by atoms with E-state index in [1.807, 2.05) is 0 Å². The van der Waals surface area contributed by atoms with Crippen LogP contribution < -0.4 is 5.32 Å². The molecule has 0 bridgehead atoms. The number of hydrogen-bond acceptors (Lipinski definition) is 4. The predicted octanol–water partition coefficient (Wildman–Crippen LogP) is 7.42. The van der Waals surface area contributed by atoms with E-state index in [0.29, 0.717) is 19.1 Å². The lowest BCUT2D eigenvalue weighted by atomic mass is 9.85. The van der Waals surface area contributed by atoms with E-state index in [9.17, 15) is 8.78 Å². The molecule has 2 heterocycles. The molecule has 40 heavy (non-hydrogen) atoms. The van der Waals surface area contributed by atoms with Gasteiger partial charge in [-0.05, 0) is 78.1 Å². The minimum Gasteiger partial charge on any atom is -0.365 e. The summed E-state index contributed by atoms with van der Waals surface area (Å²) in [6.07, 6.45) is 3.12. The molecule has 2 atom stereocenters. The number of rotatable bonds is 9. The van der Waals surface area contributed by atoms with Crippen LogP contribution in [0.5, 0.6) is 0 Å². The average molecular weight is 550 g/mol. The molecule has 2 aliphatic heterocycles. The second-order valence-electron chi connectivity index (χ2n) is 12.1. The normalized spacial score (nSPS) is 21.1. The third-order valence-electron chi connectivity index (χ3n) is 8.22. The first-order valence-electron chi connectivity index (χ1n) is 14.5. The van der Waals surface area contributed by atoms with Crippen molar-refractivity contribution in [1.29, 1.82) is 0 Å². The topological polar surface area (TPSA) is 39.7 Å². The van der Waals surface area contributed by atoms with E-state index in [1.165, 1.54) is 29.8 Å². The highest BCUT2D eigenvalue weighted by atomic mass is 19.1. The summed E-state index contributed by atoms with van der Waals surface area (Å²) in [7, 11) is 0. The van der Waals surface area contributed by atoms with Crippen molar-refractivity contribution < 1.29 is 23.0 Å². The van der Waals surface area contributed by atoms with Gasteiger partial charge in [-0.2, -0.15) is 0 Å². The predicted molar refractivity (Wildman–Crippen MR) is 153 cm³/mol. The van der Waals surface area contributed by atoms with Crippen LogP contribution >= 0.6 is 0 Å². The van der Waals surface area contributed by atoms with Crippen LogP contribution in [0.3, 0.4) is 0 Å². The smallest absolute Gasteiger partial charge is 0.194 e. The van der Waals surface area contributed by atoms with E-state index in [-0.39, 0.29) is 23.2 Å². The van der Waals surface area contributed by atoms with E-state index in [1.54, 1.807) is 24.3 Å². The molecule has 214 valence electrons. The molecule has 6 heteroatoms. The van der Waals surface area contributed by atoms with Crippen LogP contribution in [0.4, 0.5) is 8.78 Å². The van der Waals surface area contributed by atoms with E-state index in [0.717, 1.165) is 55.5 Å². The van der Waals surface area contributed by atoms with Gasteiger partial charge in [-0.25, -0.2) is 8.78 Å². The summed E-state index contributed by atoms with van der Waals surface area (Å²) in [5.41, 5.74) is 4.16. The summed E-state index contributed by atoms with van der Waals surface area (Å²) in [6.45, 7) is 9.56. The Bertz CT molecular complexity index is 1170. The molecule has 1 N–H and O–H groups in total. The zero-order chi connectivity index (χ0) is 28.2. The van der Waals surface area contributed by atoms with Crippen molar-refractivity contribution >= 4 is 0 Å². The maximum atomic E-state index is 13.7. The first-order valence-corrected chi connectivity index (χ1v) is 14.5. The largest absolute Gasteiger partial charge is 0.365 e. The molecule has 0 aliphatic carbocycles. The standard InChI is InChI=1S/C34H41F2NO3/c1-33(2,3)27-10-12-28(13-11-27)34(38-21-22-39-34)19-4-5-26-23-37-20-18-31(26)40-32(24-6-14-29(35)15-7-24)25-8-16-30(36)17-9-25/h6-17,26,31-32,37H,4-5,18-23H2,1-3H3. The summed E-state index contributed by atoms with van der Waals surface area (Å²) < 4.78 is 46.7. The molecule has 0 amide bonds. The van der Waals surface area contributed by atoms with Gasteiger partial charge in [-0.3, -0.25) is 0 Å². The second kappa shape index (κ2) is 12.5. The minimum absolute atomic E-state index is 0.00814. The Kier molecular flexibility index (Phi) is 9.01. The molecular weight excluding hydrogens is 508 g/mol. The Hall–Kier alpha value is -2.64. The molecule has 3 aromatic rings. The zero-order valence-electron chi connectivity index (χ0n) is 23.8. The number of nitrogens with one attached hydrogen (secondary N) is 1. The molecule has 5 rings (SSSR count). The summed E-state index contributed by atoms with van der Waals surface area (Å²) >= 11 is 0. The van der Waals surface area contributed by atoms with Gasteiger partial charge in [-0.1, -0.05) is 69.3 Å². The average Bonchev–Trinajstić information content (AvgIpc) is 3.43. The lowest BCUT2D eigenvalue weighted by molar-refractivity contribution is -0.172. The van der Waals surface area contributed by atoms with Gasteiger partial charge in [0.15, 0.2) is 5.79 Å². The van der Waals surface area contributed by atoms with Crippen molar-refractivity contribution in [2.75, 3.05) is 26.3 Å². The van der Waals surface area contributed by atoms with Crippen LogP contribution in [0.15, 0.2) is 72.8 Å². The second-order valence-corrected chi connectivity index (χ2v) is 12.1. The van der Waals surface area contributed by atoms with Gasteiger partial charge >= 0.3 is 0 Å². The van der Waals surface area contributed by atoms with Gasteiger partial charge < -0.3 is 19.5 Å². The van der Waals surface area contributed by atoms with Gasteiger partial charge in [0.25, 0.3) is 0 Å². The lowest BCUT2D eigenvalue weighted by Gasteiger charge is -2.36. The number of halogens is 2. The van der Waals surface area contributed by atoms with E-state index in [4.69, 9.17) is 14.2 Å². The first kappa shape index (κ1) is 28.9. The molecule has 0 radical (unpaired) electrons. The number of benzene rings is 3. The van der Waals surface area contributed by atoms with Crippen molar-refractivity contribution in [2.24, 2.45) is 5.92 Å². The highest BCUT2D eigenvalue weighted by Gasteiger charge is 2.39. The summed E-state index contributed by atoms with van der Waals surface area (Å²) in [4.78, 5) is 0. The molecule has 0 saturated carbocycles. The van der Waals surface area contributed by atoms with Crippen LogP contribution in [-0.4, -0.2) is 32.4 Å². The van der Waals surface area contributed by atoms with Crippen LogP contribution in [0.1, 0.15) is 74.8 Å². The maximum absolute atomic E-state index is 13.7. The van der Waals surface area contributed by atoms with Crippen LogP contribution in [-0.2, 0) is 25.4 Å². The monoisotopic (exact) mass is 549 g/mol. The Balaban J connectivity index is 1.28. The van der Waals surface area contributed by atoms with E-state index in [2.05, 4.69) is 50.4 Å². The molecule has 3 aromatic carbocycles. The molecule has 0 spiro atoms. The minimum atomic E-state index is -0.709. The van der Waals surface area contributed by atoms with E-state index < -0.39 is 11.9 Å². The van der Waals surface area contributed by atoms with Crippen molar-refractivity contribution in [1.82, 2.24) is 5.32 Å². The summed E-state index contributed by atoms with van der Waals surface area (Å²) in [6, 6.07) is 21.5. The SMILES string of the molecule is CC(C)(C)c1ccc(C2(CCCC3CNCCC3OC(c3ccc(F)cc3)c3ccc(F)cc3)OCCO2)cc1. The van der Waals surface area contributed by atoms with Crippen molar-refractivity contribution in [2.45, 2.75) is 69.9 Å². The van der Waals surface area contributed by atoms with Crippen molar-refractivity contribution in [3.8, 4) is 0 Å². The highest BCUT2D eigenvalue weighted by molar-refractivity contribution is 5.31. The number of piperidine rings is 1. The molecule has 0 aromatic heterocycles. The van der Waals surface area contributed by atoms with Gasteiger partial charge in [0.05, 0.1) is 19.3 Å². The Labute approximate surface area is 237 Å². The Morgan fingerprint density at radius 2 is 1.45 bits per heavy atom.